The number of phenolic OH excluding ortho intramolecular Hbond substituents is 1. The summed E-state index contributed by atoms with van der Waals surface area (Å²) < 4.78 is 44.9. The second-order valence-corrected chi connectivity index (χ2v) is 8.09. The van der Waals surface area contributed by atoms with Crippen molar-refractivity contribution in [1.82, 2.24) is 15.0 Å². The molecule has 1 N–H and O–H groups in total. The van der Waals surface area contributed by atoms with Gasteiger partial charge in [0.1, 0.15) is 22.5 Å². The number of alkyl halides is 3. The first kappa shape index (κ1) is 21.6. The molecule has 3 aromatic rings. The maximum atomic E-state index is 13.3. The highest BCUT2D eigenvalue weighted by atomic mass is 19.4. The second-order valence-electron chi connectivity index (χ2n) is 8.09. The van der Waals surface area contributed by atoms with Crippen molar-refractivity contribution in [2.75, 3.05) is 7.11 Å². The Labute approximate surface area is 171 Å². The number of phenols is 1. The molecule has 1 atom stereocenters. The van der Waals surface area contributed by atoms with Crippen LogP contribution in [0.15, 0.2) is 30.3 Å². The van der Waals surface area contributed by atoms with E-state index in [0.29, 0.717) is 11.1 Å². The number of methoxy groups -OCH3 is 1. The van der Waals surface area contributed by atoms with Gasteiger partial charge in [0.25, 0.3) is 0 Å². The van der Waals surface area contributed by atoms with Gasteiger partial charge in [-0.3, -0.25) is 4.79 Å². The molecular weight excluding hydrogens is 399 g/mol. The Morgan fingerprint density at radius 3 is 2.37 bits per heavy atom. The van der Waals surface area contributed by atoms with Crippen LogP contribution in [0.1, 0.15) is 50.3 Å². The van der Waals surface area contributed by atoms with E-state index >= 15 is 0 Å². The first-order valence-corrected chi connectivity index (χ1v) is 9.23. The van der Waals surface area contributed by atoms with Crippen molar-refractivity contribution in [3.05, 3.63) is 47.0 Å². The van der Waals surface area contributed by atoms with Crippen LogP contribution < -0.4 is 0 Å². The van der Waals surface area contributed by atoms with Gasteiger partial charge >= 0.3 is 12.1 Å². The molecular formula is C21H22F3N3O3. The SMILES string of the molecule is COC(=O)C(C)c1cc(-n2nc3cccc(C(F)(F)F)c3n2)c(O)c(C(C)(C)C)c1. The number of carbonyl (C=O) groups is 1. The first-order valence-electron chi connectivity index (χ1n) is 9.23. The Hall–Kier alpha value is -3.10. The summed E-state index contributed by atoms with van der Waals surface area (Å²) in [7, 11) is 1.27. The summed E-state index contributed by atoms with van der Waals surface area (Å²) in [5.74, 6) is -1.31. The zero-order valence-electron chi connectivity index (χ0n) is 17.2. The first-order chi connectivity index (χ1) is 13.8. The molecule has 9 heteroatoms. The van der Waals surface area contributed by atoms with E-state index in [1.54, 1.807) is 13.0 Å². The fourth-order valence-corrected chi connectivity index (χ4v) is 3.20. The summed E-state index contributed by atoms with van der Waals surface area (Å²) in [4.78, 5) is 13.0. The zero-order valence-corrected chi connectivity index (χ0v) is 17.2. The number of hydrogen-bond acceptors (Lipinski definition) is 5. The molecule has 1 unspecified atom stereocenters. The van der Waals surface area contributed by atoms with Crippen molar-refractivity contribution in [1.29, 1.82) is 0 Å². The van der Waals surface area contributed by atoms with Gasteiger partial charge < -0.3 is 9.84 Å². The zero-order chi connectivity index (χ0) is 22.4. The van der Waals surface area contributed by atoms with E-state index in [4.69, 9.17) is 4.74 Å². The number of halogens is 3. The van der Waals surface area contributed by atoms with Crippen LogP contribution in [0.4, 0.5) is 13.2 Å². The van der Waals surface area contributed by atoms with Crippen LogP contribution in [-0.4, -0.2) is 33.2 Å². The van der Waals surface area contributed by atoms with Crippen LogP contribution in [0.2, 0.25) is 0 Å². The van der Waals surface area contributed by atoms with Crippen molar-refractivity contribution in [3.63, 3.8) is 0 Å². The summed E-state index contributed by atoms with van der Waals surface area (Å²) in [6.07, 6.45) is -4.60. The number of aromatic hydroxyl groups is 1. The standard InChI is InChI=1S/C21H22F3N3O3/c1-11(19(29)30-5)12-9-14(20(2,3)4)18(28)16(10-12)27-25-15-8-6-7-13(17(15)26-27)21(22,23)24/h6-11,28H,1-5H3. The van der Waals surface area contributed by atoms with Crippen molar-refractivity contribution in [2.24, 2.45) is 0 Å². The lowest BCUT2D eigenvalue weighted by Gasteiger charge is -2.24. The molecule has 30 heavy (non-hydrogen) atoms. The molecule has 0 spiro atoms. The van der Waals surface area contributed by atoms with Crippen LogP contribution in [0.3, 0.4) is 0 Å². The maximum absolute atomic E-state index is 13.3. The van der Waals surface area contributed by atoms with Crippen LogP contribution in [0, 0.1) is 0 Å². The fourth-order valence-electron chi connectivity index (χ4n) is 3.20. The predicted molar refractivity (Wildman–Crippen MR) is 105 cm³/mol. The van der Waals surface area contributed by atoms with Gasteiger partial charge in [0.05, 0.1) is 18.6 Å². The summed E-state index contributed by atoms with van der Waals surface area (Å²) in [5, 5.41) is 19.0. The number of benzene rings is 2. The third-order valence-corrected chi connectivity index (χ3v) is 4.91. The van der Waals surface area contributed by atoms with Gasteiger partial charge in [-0.1, -0.05) is 32.9 Å². The molecule has 0 radical (unpaired) electrons. The van der Waals surface area contributed by atoms with Gasteiger partial charge in [-0.15, -0.1) is 15.0 Å². The lowest BCUT2D eigenvalue weighted by Crippen LogP contribution is -2.17. The average Bonchev–Trinajstić information content (AvgIpc) is 3.09. The second kappa shape index (κ2) is 7.30. The molecule has 0 aliphatic carbocycles. The molecule has 0 aliphatic rings. The molecule has 0 bridgehead atoms. The lowest BCUT2D eigenvalue weighted by molar-refractivity contribution is -0.142. The Balaban J connectivity index is 2.28. The Morgan fingerprint density at radius 1 is 1.13 bits per heavy atom. The predicted octanol–water partition coefficient (Wildman–Crippen LogP) is 4.72. The van der Waals surface area contributed by atoms with Gasteiger partial charge in [-0.2, -0.15) is 13.2 Å². The molecule has 0 amide bonds. The van der Waals surface area contributed by atoms with Gasteiger partial charge in [0.2, 0.25) is 0 Å². The largest absolute Gasteiger partial charge is 0.505 e. The summed E-state index contributed by atoms with van der Waals surface area (Å²) in [6.45, 7) is 7.25. The Bertz CT molecular complexity index is 1110. The summed E-state index contributed by atoms with van der Waals surface area (Å²) >= 11 is 0. The molecule has 0 saturated heterocycles. The summed E-state index contributed by atoms with van der Waals surface area (Å²) in [6, 6.07) is 6.76. The van der Waals surface area contributed by atoms with Gasteiger partial charge in [-0.05, 0) is 36.1 Å². The molecule has 160 valence electrons. The average molecular weight is 421 g/mol. The molecule has 2 aromatic carbocycles. The van der Waals surface area contributed by atoms with E-state index in [2.05, 4.69) is 10.2 Å². The van der Waals surface area contributed by atoms with Crippen molar-refractivity contribution in [2.45, 2.75) is 45.2 Å². The molecule has 0 fully saturated rings. The van der Waals surface area contributed by atoms with Gasteiger partial charge in [0, 0.05) is 5.56 Å². The smallest absolute Gasteiger partial charge is 0.418 e. The van der Waals surface area contributed by atoms with E-state index in [1.165, 1.54) is 25.3 Å². The molecule has 6 nitrogen and oxygen atoms in total. The highest BCUT2D eigenvalue weighted by Crippen LogP contribution is 2.39. The van der Waals surface area contributed by atoms with E-state index in [1.807, 2.05) is 20.8 Å². The monoisotopic (exact) mass is 421 g/mol. The normalized spacial score (nSPS) is 13.5. The highest BCUT2D eigenvalue weighted by molar-refractivity contribution is 5.80. The Kier molecular flexibility index (Phi) is 5.26. The van der Waals surface area contributed by atoms with E-state index < -0.39 is 29.0 Å². The topological polar surface area (TPSA) is 77.2 Å². The number of fused-ring (bicyclic) bond motifs is 1. The molecule has 0 saturated carbocycles. The number of carbonyl (C=O) groups excluding carboxylic acids is 1. The number of ether oxygens (including phenoxy) is 1. The molecule has 1 aromatic heterocycles. The minimum absolute atomic E-state index is 0.0351. The molecule has 0 aliphatic heterocycles. The van der Waals surface area contributed by atoms with E-state index in [-0.39, 0.29) is 22.5 Å². The number of nitrogens with zero attached hydrogens (tertiary/aromatic N) is 3. The van der Waals surface area contributed by atoms with Gasteiger partial charge in [-0.25, -0.2) is 0 Å². The number of esters is 1. The van der Waals surface area contributed by atoms with Crippen molar-refractivity contribution in [3.8, 4) is 11.4 Å². The highest BCUT2D eigenvalue weighted by Gasteiger charge is 2.34. The van der Waals surface area contributed by atoms with Gasteiger partial charge in [0.15, 0.2) is 0 Å². The minimum Gasteiger partial charge on any atom is -0.505 e. The minimum atomic E-state index is -4.60. The maximum Gasteiger partial charge on any atom is 0.418 e. The quantitative estimate of drug-likeness (QED) is 0.620. The van der Waals surface area contributed by atoms with Crippen molar-refractivity contribution < 1.29 is 27.8 Å². The van der Waals surface area contributed by atoms with E-state index in [0.717, 1.165) is 10.9 Å². The van der Waals surface area contributed by atoms with Crippen molar-refractivity contribution >= 4 is 17.0 Å². The third-order valence-electron chi connectivity index (χ3n) is 4.91. The Morgan fingerprint density at radius 2 is 1.80 bits per heavy atom. The van der Waals surface area contributed by atoms with Crippen LogP contribution in [0.25, 0.3) is 16.7 Å². The van der Waals surface area contributed by atoms with Crippen LogP contribution >= 0.6 is 0 Å². The number of rotatable bonds is 3. The van der Waals surface area contributed by atoms with E-state index in [9.17, 15) is 23.1 Å². The molecule has 3 rings (SSSR count). The van der Waals surface area contributed by atoms with Crippen LogP contribution in [-0.2, 0) is 21.1 Å². The molecule has 1 heterocycles. The third kappa shape index (κ3) is 3.83. The number of hydrogen-bond donors (Lipinski definition) is 1. The lowest BCUT2D eigenvalue weighted by atomic mass is 9.83. The van der Waals surface area contributed by atoms with Crippen LogP contribution in [0.5, 0.6) is 5.75 Å². The number of aromatic nitrogens is 3. The fraction of sp³-hybridized carbons (Fsp3) is 0.381. The summed E-state index contributed by atoms with van der Waals surface area (Å²) in [5.41, 5.74) is -0.617.